The quantitative estimate of drug-likeness (QED) is 0.136. The summed E-state index contributed by atoms with van der Waals surface area (Å²) in [4.78, 5) is 5.74. The fraction of sp³-hybridized carbons (Fsp3) is 0.171. The highest BCUT2D eigenvalue weighted by Crippen LogP contribution is 2.31. The predicted octanol–water partition coefficient (Wildman–Crippen LogP) is 8.13. The number of rotatable bonds is 13. The number of furan rings is 1. The molecule has 224 valence electrons. The predicted molar refractivity (Wildman–Crippen MR) is 173 cm³/mol. The fourth-order valence-corrected chi connectivity index (χ4v) is 5.44. The number of hydrogen-bond acceptors (Lipinski definition) is 6. The van der Waals surface area contributed by atoms with Gasteiger partial charge in [0.05, 0.1) is 31.4 Å². The van der Waals surface area contributed by atoms with Crippen LogP contribution in [-0.2, 0) is 29.5 Å². The minimum atomic E-state index is -3.44. The molecular formula is C35H33N3O5S. The number of anilines is 2. The molecule has 0 spiro atoms. The van der Waals surface area contributed by atoms with Gasteiger partial charge >= 0.3 is 0 Å². The normalized spacial score (nSPS) is 11.0. The molecule has 1 aromatic heterocycles. The smallest absolute Gasteiger partial charge is 0.229 e. The Bertz CT molecular complexity index is 1850. The summed E-state index contributed by atoms with van der Waals surface area (Å²) in [5.41, 5.74) is 4.81. The van der Waals surface area contributed by atoms with Crippen LogP contribution in [0.15, 0.2) is 114 Å². The van der Waals surface area contributed by atoms with Gasteiger partial charge in [-0.25, -0.2) is 13.3 Å². The molecule has 0 aliphatic rings. The monoisotopic (exact) mass is 607 g/mol. The molecule has 0 saturated heterocycles. The van der Waals surface area contributed by atoms with E-state index in [9.17, 15) is 8.42 Å². The van der Waals surface area contributed by atoms with Crippen molar-refractivity contribution in [3.8, 4) is 17.2 Å². The van der Waals surface area contributed by atoms with Crippen molar-refractivity contribution in [2.24, 2.45) is 0 Å². The van der Waals surface area contributed by atoms with Crippen LogP contribution >= 0.6 is 0 Å². The summed E-state index contributed by atoms with van der Waals surface area (Å²) in [6.45, 7) is 10.9. The van der Waals surface area contributed by atoms with Crippen molar-refractivity contribution in [2.75, 3.05) is 22.5 Å². The number of nitrogens with zero attached hydrogens (tertiary/aromatic N) is 2. The molecular weight excluding hydrogens is 574 g/mol. The number of nitrogens with one attached hydrogen (secondary N) is 1. The van der Waals surface area contributed by atoms with Crippen LogP contribution in [0.4, 0.5) is 17.1 Å². The molecule has 0 aliphatic heterocycles. The third-order valence-corrected chi connectivity index (χ3v) is 7.48. The maximum atomic E-state index is 12.0. The molecule has 0 saturated carbocycles. The molecule has 4 aromatic carbocycles. The molecule has 0 bridgehead atoms. The Morgan fingerprint density at radius 2 is 1.59 bits per heavy atom. The summed E-state index contributed by atoms with van der Waals surface area (Å²) in [5, 5.41) is 0. The molecule has 9 heteroatoms. The van der Waals surface area contributed by atoms with Gasteiger partial charge in [-0.2, -0.15) is 0 Å². The van der Waals surface area contributed by atoms with E-state index in [1.165, 1.54) is 0 Å². The van der Waals surface area contributed by atoms with Crippen LogP contribution in [0.2, 0.25) is 0 Å². The molecule has 0 unspecified atom stereocenters. The van der Waals surface area contributed by atoms with E-state index >= 15 is 0 Å². The van der Waals surface area contributed by atoms with E-state index in [1.807, 2.05) is 97.9 Å². The van der Waals surface area contributed by atoms with Crippen molar-refractivity contribution < 1.29 is 22.3 Å². The van der Waals surface area contributed by atoms with Crippen LogP contribution in [0.25, 0.3) is 4.85 Å². The van der Waals surface area contributed by atoms with Crippen LogP contribution in [0.3, 0.4) is 0 Å². The number of benzene rings is 4. The number of sulfonamides is 1. The van der Waals surface area contributed by atoms with Crippen molar-refractivity contribution in [1.82, 2.24) is 0 Å². The minimum Gasteiger partial charge on any atom is -0.493 e. The third kappa shape index (κ3) is 8.43. The lowest BCUT2D eigenvalue weighted by Crippen LogP contribution is -2.23. The molecule has 0 atom stereocenters. The summed E-state index contributed by atoms with van der Waals surface area (Å²) in [6.07, 6.45) is 3.47. The Morgan fingerprint density at radius 3 is 2.34 bits per heavy atom. The van der Waals surface area contributed by atoms with E-state index in [0.29, 0.717) is 54.7 Å². The van der Waals surface area contributed by atoms with Gasteiger partial charge in [0.15, 0.2) is 5.69 Å². The van der Waals surface area contributed by atoms with Gasteiger partial charge in [-0.1, -0.05) is 48.5 Å². The number of hydrogen-bond donors (Lipinski definition) is 1. The lowest BCUT2D eigenvalue weighted by atomic mass is 10.1. The average Bonchev–Trinajstić information content (AvgIpc) is 3.52. The molecule has 0 radical (unpaired) electrons. The first-order valence-electron chi connectivity index (χ1n) is 14.1. The lowest BCUT2D eigenvalue weighted by molar-refractivity contribution is 0.308. The fourth-order valence-electron chi connectivity index (χ4n) is 4.82. The summed E-state index contributed by atoms with van der Waals surface area (Å²) >= 11 is 0. The summed E-state index contributed by atoms with van der Waals surface area (Å²) in [6, 6.07) is 32.3. The van der Waals surface area contributed by atoms with Crippen LogP contribution in [-0.4, -0.2) is 21.3 Å². The van der Waals surface area contributed by atoms with Gasteiger partial charge in [0, 0.05) is 31.3 Å². The van der Waals surface area contributed by atoms with Gasteiger partial charge in [-0.15, -0.1) is 0 Å². The first-order chi connectivity index (χ1) is 21.3. The topological polar surface area (TPSA) is 85.4 Å². The largest absolute Gasteiger partial charge is 0.493 e. The molecule has 44 heavy (non-hydrogen) atoms. The molecule has 5 aromatic rings. The van der Waals surface area contributed by atoms with E-state index in [4.69, 9.17) is 20.5 Å². The highest BCUT2D eigenvalue weighted by molar-refractivity contribution is 7.92. The zero-order chi connectivity index (χ0) is 30.9. The zero-order valence-corrected chi connectivity index (χ0v) is 25.4. The van der Waals surface area contributed by atoms with Crippen LogP contribution in [0, 0.1) is 13.5 Å². The van der Waals surface area contributed by atoms with Crippen LogP contribution < -0.4 is 19.1 Å². The van der Waals surface area contributed by atoms with Gasteiger partial charge in [-0.3, -0.25) is 4.72 Å². The van der Waals surface area contributed by atoms with Crippen molar-refractivity contribution >= 4 is 27.1 Å². The van der Waals surface area contributed by atoms with Gasteiger partial charge < -0.3 is 18.8 Å². The maximum absolute atomic E-state index is 12.0. The molecule has 1 heterocycles. The van der Waals surface area contributed by atoms with Gasteiger partial charge in [0.25, 0.3) is 0 Å². The van der Waals surface area contributed by atoms with E-state index in [1.54, 1.807) is 18.4 Å². The average molecular weight is 608 g/mol. The summed E-state index contributed by atoms with van der Waals surface area (Å²) < 4.78 is 43.9. The Balaban J connectivity index is 1.31. The van der Waals surface area contributed by atoms with E-state index in [2.05, 4.69) is 14.5 Å². The highest BCUT2D eigenvalue weighted by Gasteiger charge is 2.16. The third-order valence-electron chi connectivity index (χ3n) is 6.89. The van der Waals surface area contributed by atoms with Crippen LogP contribution in [0.5, 0.6) is 17.2 Å². The standard InChI is InChI=1S/C35H33N3O5S/c1-26-34(37-44(3,39)40)13-6-14-35(26)38(25-28-8-4-9-29(22-28)36-2)24-27-15-17-31(18-16-27)43-33-11-5-10-32(23-33)42-21-19-30-12-7-20-41-30/h4-18,20,22-23,37H,19,21,24-25H2,1,3H3. The Morgan fingerprint density at radius 1 is 0.841 bits per heavy atom. The molecule has 0 aliphatic carbocycles. The van der Waals surface area contributed by atoms with Crippen molar-refractivity contribution in [2.45, 2.75) is 26.4 Å². The SMILES string of the molecule is [C-]#[N+]c1cccc(CN(Cc2ccc(Oc3cccc(OCCc4ccco4)c3)cc2)c2cccc(NS(C)(=O)=O)c2C)c1. The Labute approximate surface area is 258 Å². The zero-order valence-electron chi connectivity index (χ0n) is 24.6. The maximum Gasteiger partial charge on any atom is 0.229 e. The van der Waals surface area contributed by atoms with Crippen molar-refractivity contribution in [3.05, 3.63) is 143 Å². The highest BCUT2D eigenvalue weighted by atomic mass is 32.2. The second-order valence-corrected chi connectivity index (χ2v) is 12.1. The first-order valence-corrected chi connectivity index (χ1v) is 16.0. The number of ether oxygens (including phenoxy) is 2. The van der Waals surface area contributed by atoms with Crippen molar-refractivity contribution in [1.29, 1.82) is 0 Å². The van der Waals surface area contributed by atoms with Gasteiger partial charge in [0.1, 0.15) is 23.0 Å². The summed E-state index contributed by atoms with van der Waals surface area (Å²) in [7, 11) is -3.44. The van der Waals surface area contributed by atoms with Crippen LogP contribution in [0.1, 0.15) is 22.5 Å². The molecule has 5 rings (SSSR count). The second kappa shape index (κ2) is 13.8. The van der Waals surface area contributed by atoms with Gasteiger partial charge in [0.2, 0.25) is 10.0 Å². The van der Waals surface area contributed by atoms with Crippen molar-refractivity contribution in [3.63, 3.8) is 0 Å². The minimum absolute atomic E-state index is 0.497. The van der Waals surface area contributed by atoms with E-state index in [-0.39, 0.29) is 0 Å². The van der Waals surface area contributed by atoms with E-state index < -0.39 is 10.0 Å². The lowest BCUT2D eigenvalue weighted by Gasteiger charge is -2.28. The molecule has 8 nitrogen and oxygen atoms in total. The van der Waals surface area contributed by atoms with Gasteiger partial charge in [-0.05, 0) is 72.1 Å². The Hall–Kier alpha value is -5.20. The Kier molecular flexibility index (Phi) is 9.52. The summed E-state index contributed by atoms with van der Waals surface area (Å²) in [5.74, 6) is 2.95. The second-order valence-electron chi connectivity index (χ2n) is 10.4. The molecule has 0 fully saturated rings. The van der Waals surface area contributed by atoms with E-state index in [0.717, 1.165) is 34.4 Å². The molecule has 1 N–H and O–H groups in total. The first kappa shape index (κ1) is 30.3. The molecule has 0 amide bonds.